The average molecular weight is 409 g/mol. The highest BCUT2D eigenvalue weighted by Gasteiger charge is 2.40. The van der Waals surface area contributed by atoms with Crippen LogP contribution < -0.4 is 10.6 Å². The molecule has 1 aromatic carbocycles. The van der Waals surface area contributed by atoms with Crippen LogP contribution in [0.25, 0.3) is 0 Å². The first-order valence-electron chi connectivity index (χ1n) is 7.01. The predicted molar refractivity (Wildman–Crippen MR) is 98.7 cm³/mol. The molecule has 10 heteroatoms. The summed E-state index contributed by atoms with van der Waals surface area (Å²) in [7, 11) is 1.31. The predicted octanol–water partition coefficient (Wildman–Crippen LogP) is 1.92. The average Bonchev–Trinajstić information content (AvgIpc) is 2.56. The molecule has 0 heterocycles. The highest BCUT2D eigenvalue weighted by molar-refractivity contribution is 7.98. The number of aliphatic carboxylic acids is 1. The Morgan fingerprint density at radius 2 is 2.12 bits per heavy atom. The van der Waals surface area contributed by atoms with Gasteiger partial charge in [0.1, 0.15) is 0 Å². The van der Waals surface area contributed by atoms with E-state index in [0.717, 1.165) is 0 Å². The summed E-state index contributed by atoms with van der Waals surface area (Å²) in [5.41, 5.74) is -1.45. The Morgan fingerprint density at radius 3 is 2.64 bits per heavy atom. The summed E-state index contributed by atoms with van der Waals surface area (Å²) in [6.45, 7) is -0.243. The highest BCUT2D eigenvalue weighted by atomic mass is 35.5. The second-order valence-electron chi connectivity index (χ2n) is 5.09. The highest BCUT2D eigenvalue weighted by Crippen LogP contribution is 2.29. The fraction of sp³-hybridized carbons (Fsp3) is 0.400. The molecule has 0 saturated carbocycles. The lowest BCUT2D eigenvalue weighted by molar-refractivity contribution is -0.144. The van der Waals surface area contributed by atoms with Crippen molar-refractivity contribution in [1.29, 1.82) is 0 Å². The summed E-state index contributed by atoms with van der Waals surface area (Å²) in [5.74, 6) is -2.04. The Bertz CT molecular complexity index is 646. The maximum absolute atomic E-state index is 12.7. The second-order valence-corrected chi connectivity index (χ2v) is 6.80. The lowest BCUT2D eigenvalue weighted by Gasteiger charge is -2.30. The number of thioether (sulfide) groups is 1. The lowest BCUT2D eigenvalue weighted by Crippen LogP contribution is -2.59. The third kappa shape index (κ3) is 5.78. The van der Waals surface area contributed by atoms with E-state index in [9.17, 15) is 14.4 Å². The minimum absolute atomic E-state index is 0.0461. The zero-order chi connectivity index (χ0) is 19.0. The molecule has 0 radical (unpaired) electrons. The van der Waals surface area contributed by atoms with E-state index in [1.54, 1.807) is 12.3 Å². The monoisotopic (exact) mass is 408 g/mol. The molecule has 3 N–H and O–H groups in total. The molecule has 7 nitrogen and oxygen atoms in total. The van der Waals surface area contributed by atoms with Gasteiger partial charge < -0.3 is 25.3 Å². The van der Waals surface area contributed by atoms with E-state index >= 15 is 0 Å². The van der Waals surface area contributed by atoms with Crippen LogP contribution in [0.3, 0.4) is 0 Å². The maximum atomic E-state index is 12.7. The molecule has 0 aliphatic carbocycles. The van der Waals surface area contributed by atoms with Gasteiger partial charge in [-0.2, -0.15) is 11.8 Å². The van der Waals surface area contributed by atoms with E-state index in [-0.39, 0.29) is 23.1 Å². The first-order chi connectivity index (χ1) is 11.8. The number of hydrogen-bond acceptors (Lipinski definition) is 6. The Balaban J connectivity index is 3.16. The third-order valence-electron chi connectivity index (χ3n) is 3.20. The first-order valence-corrected chi connectivity index (χ1v) is 9.16. The summed E-state index contributed by atoms with van der Waals surface area (Å²) >= 11 is 13.2. The molecular weight excluding hydrogens is 391 g/mol. The van der Waals surface area contributed by atoms with Gasteiger partial charge in [-0.1, -0.05) is 23.2 Å². The summed E-state index contributed by atoms with van der Waals surface area (Å²) in [4.78, 5) is 35.6. The number of anilines is 1. The van der Waals surface area contributed by atoms with Gasteiger partial charge >= 0.3 is 5.97 Å². The molecule has 1 amide bonds. The molecule has 138 valence electrons. The number of carbonyl (C=O) groups excluding carboxylic acids is 2. The lowest BCUT2D eigenvalue weighted by atomic mass is 10.0. The van der Waals surface area contributed by atoms with Crippen LogP contribution >= 0.6 is 35.0 Å². The zero-order valence-electron chi connectivity index (χ0n) is 13.5. The number of methoxy groups -OCH3 is 1. The number of carbonyl (C=O) groups is 3. The molecular formula is C15H18Cl2N2O5S. The first kappa shape index (κ1) is 21.6. The van der Waals surface area contributed by atoms with Gasteiger partial charge in [-0.25, -0.2) is 4.79 Å². The van der Waals surface area contributed by atoms with Gasteiger partial charge in [-0.3, -0.25) is 4.79 Å². The molecule has 0 aromatic heterocycles. The molecule has 0 saturated heterocycles. The van der Waals surface area contributed by atoms with Crippen LogP contribution in [0.15, 0.2) is 18.2 Å². The number of halogens is 2. The summed E-state index contributed by atoms with van der Waals surface area (Å²) < 4.78 is 4.78. The summed E-state index contributed by atoms with van der Waals surface area (Å²) in [6, 6.07) is 3.25. The van der Waals surface area contributed by atoms with Crippen molar-refractivity contribution in [2.75, 3.05) is 31.0 Å². The molecule has 0 aliphatic rings. The number of benzene rings is 1. The van der Waals surface area contributed by atoms with Crippen molar-refractivity contribution in [3.8, 4) is 0 Å². The summed E-state index contributed by atoms with van der Waals surface area (Å²) in [6.07, 6.45) is 2.12. The number of ether oxygens (including phenoxy) is 1. The van der Waals surface area contributed by atoms with Gasteiger partial charge in [0, 0.05) is 17.9 Å². The standard InChI is InChI=1S/C15H18Cl2N2O5S/c1-24-6-12(13(21)22)18-14(23)15(7-20,8-25-2)19-11-5-9(16)3-4-10(11)17/h3-5,7,12,19H,6,8H2,1-2H3,(H,18,23)(H,21,22)/t12-,15-/m0/s1. The number of aldehydes is 1. The van der Waals surface area contributed by atoms with Crippen LogP contribution in [0.1, 0.15) is 0 Å². The molecule has 0 fully saturated rings. The minimum Gasteiger partial charge on any atom is -0.480 e. The second kappa shape index (κ2) is 9.86. The number of rotatable bonds is 10. The van der Waals surface area contributed by atoms with E-state index < -0.39 is 23.5 Å². The van der Waals surface area contributed by atoms with Crippen molar-refractivity contribution >= 4 is 58.8 Å². The molecule has 0 aliphatic heterocycles. The molecule has 25 heavy (non-hydrogen) atoms. The van der Waals surface area contributed by atoms with Crippen molar-refractivity contribution in [3.05, 3.63) is 28.2 Å². The van der Waals surface area contributed by atoms with Crippen molar-refractivity contribution in [1.82, 2.24) is 5.32 Å². The van der Waals surface area contributed by atoms with Gasteiger partial charge in [-0.05, 0) is 24.5 Å². The third-order valence-corrected chi connectivity index (χ3v) is 4.51. The van der Waals surface area contributed by atoms with E-state index in [1.807, 2.05) is 0 Å². The number of carboxylic acid groups (broad SMARTS) is 1. The Labute approximate surface area is 159 Å². The van der Waals surface area contributed by atoms with Gasteiger partial charge in [0.25, 0.3) is 5.91 Å². The fourth-order valence-corrected chi connectivity index (χ4v) is 3.03. The topological polar surface area (TPSA) is 105 Å². The maximum Gasteiger partial charge on any atom is 0.328 e. The zero-order valence-corrected chi connectivity index (χ0v) is 15.9. The van der Waals surface area contributed by atoms with Gasteiger partial charge in [-0.15, -0.1) is 0 Å². The van der Waals surface area contributed by atoms with Gasteiger partial charge in [0.05, 0.1) is 17.3 Å². The minimum atomic E-state index is -1.73. The molecule has 1 aromatic rings. The number of carboxylic acids is 1. The van der Waals surface area contributed by atoms with Gasteiger partial charge in [0.15, 0.2) is 17.9 Å². The SMILES string of the molecule is COC[C@H](NC(=O)[C@](C=O)(CSC)Nc1cc(Cl)ccc1Cl)C(=O)O. The molecule has 0 bridgehead atoms. The van der Waals surface area contributed by atoms with Crippen LogP contribution in [0.5, 0.6) is 0 Å². The van der Waals surface area contributed by atoms with Crippen LogP contribution in [0.4, 0.5) is 5.69 Å². The number of amides is 1. The molecule has 0 spiro atoms. The van der Waals surface area contributed by atoms with Crippen molar-refractivity contribution in [3.63, 3.8) is 0 Å². The van der Waals surface area contributed by atoms with Crippen molar-refractivity contribution < 1.29 is 24.2 Å². The molecule has 1 rings (SSSR count). The normalized spacial score (nSPS) is 14.2. The van der Waals surface area contributed by atoms with Crippen LogP contribution in [-0.4, -0.2) is 60.6 Å². The van der Waals surface area contributed by atoms with Crippen molar-refractivity contribution in [2.45, 2.75) is 11.6 Å². The number of nitrogens with one attached hydrogen (secondary N) is 2. The van der Waals surface area contributed by atoms with E-state index in [1.165, 1.54) is 31.0 Å². The Kier molecular flexibility index (Phi) is 8.51. The Hall–Kier alpha value is -1.48. The van der Waals surface area contributed by atoms with E-state index in [4.69, 9.17) is 33.0 Å². The van der Waals surface area contributed by atoms with Crippen LogP contribution in [-0.2, 0) is 19.1 Å². The van der Waals surface area contributed by atoms with Gasteiger partial charge in [0.2, 0.25) is 0 Å². The van der Waals surface area contributed by atoms with E-state index in [0.29, 0.717) is 11.3 Å². The smallest absolute Gasteiger partial charge is 0.328 e. The van der Waals surface area contributed by atoms with E-state index in [2.05, 4.69) is 10.6 Å². The molecule has 0 unspecified atom stereocenters. The number of hydrogen-bond donors (Lipinski definition) is 3. The van der Waals surface area contributed by atoms with Crippen molar-refractivity contribution in [2.24, 2.45) is 0 Å². The van der Waals surface area contributed by atoms with Crippen LogP contribution in [0.2, 0.25) is 10.0 Å². The molecule has 2 atom stereocenters. The van der Waals surface area contributed by atoms with Crippen LogP contribution in [0, 0.1) is 0 Å². The Morgan fingerprint density at radius 1 is 1.44 bits per heavy atom. The quantitative estimate of drug-likeness (QED) is 0.401. The summed E-state index contributed by atoms with van der Waals surface area (Å²) in [5, 5.41) is 14.9. The fourth-order valence-electron chi connectivity index (χ4n) is 1.97. The largest absolute Gasteiger partial charge is 0.480 e.